The van der Waals surface area contributed by atoms with Gasteiger partial charge < -0.3 is 25.0 Å². The first-order valence-electron chi connectivity index (χ1n) is 14.6. The van der Waals surface area contributed by atoms with Crippen LogP contribution >= 0.6 is 0 Å². The highest BCUT2D eigenvalue weighted by atomic mass is 16.3. The first-order chi connectivity index (χ1) is 20.7. The van der Waals surface area contributed by atoms with Crippen molar-refractivity contribution >= 4 is 17.4 Å². The molecule has 0 radical (unpaired) electrons. The van der Waals surface area contributed by atoms with Gasteiger partial charge in [0, 0.05) is 68.9 Å². The molecule has 0 unspecified atom stereocenters. The molecule has 1 fully saturated rings. The predicted octanol–water partition coefficient (Wildman–Crippen LogP) is 4.46. The Balaban J connectivity index is 1.38. The number of amides is 1. The third-order valence-electron chi connectivity index (χ3n) is 8.20. The largest absolute Gasteiger partial charge is 0.396 e. The number of rotatable bonds is 10. The van der Waals surface area contributed by atoms with Crippen molar-refractivity contribution in [2.24, 2.45) is 7.05 Å². The van der Waals surface area contributed by atoms with Gasteiger partial charge in [0.2, 0.25) is 0 Å². The lowest BCUT2D eigenvalue weighted by atomic mass is 9.99. The minimum Gasteiger partial charge on any atom is -0.396 e. The molecule has 1 amide bonds. The zero-order chi connectivity index (χ0) is 30.3. The molecule has 10 nitrogen and oxygen atoms in total. The lowest BCUT2D eigenvalue weighted by molar-refractivity contribution is 0.0785. The molecular weight excluding hydrogens is 542 g/mol. The summed E-state index contributed by atoms with van der Waals surface area (Å²) in [6, 6.07) is 16.0. The molecule has 0 spiro atoms. The summed E-state index contributed by atoms with van der Waals surface area (Å²) in [5.74, 6) is 1.52. The van der Waals surface area contributed by atoms with E-state index in [9.17, 15) is 15.0 Å². The number of aliphatic hydroxyl groups is 2. The molecule has 6 rings (SSSR count). The van der Waals surface area contributed by atoms with Crippen LogP contribution in [0.4, 0.5) is 5.82 Å². The Kier molecular flexibility index (Phi) is 7.49. The van der Waals surface area contributed by atoms with E-state index in [0.717, 1.165) is 45.2 Å². The lowest BCUT2D eigenvalue weighted by Gasteiger charge is -2.18. The number of aromatic nitrogens is 5. The van der Waals surface area contributed by atoms with Crippen LogP contribution in [0.25, 0.3) is 28.2 Å². The summed E-state index contributed by atoms with van der Waals surface area (Å²) in [7, 11) is 3.73. The topological polar surface area (TPSA) is 121 Å². The second kappa shape index (κ2) is 11.3. The molecule has 1 saturated carbocycles. The lowest BCUT2D eigenvalue weighted by Crippen LogP contribution is -2.28. The molecule has 5 aromatic rings. The Bertz CT molecular complexity index is 1820. The van der Waals surface area contributed by atoms with Gasteiger partial charge in [0.15, 0.2) is 5.65 Å². The first kappa shape index (κ1) is 28.6. The molecule has 0 atom stereocenters. The molecule has 2 aromatic carbocycles. The molecule has 43 heavy (non-hydrogen) atoms. The number of hydrogen-bond acceptors (Lipinski definition) is 7. The fraction of sp³-hybridized carbons (Fsp3) is 0.333. The number of nitrogens with zero attached hydrogens (tertiary/aromatic N) is 6. The van der Waals surface area contributed by atoms with E-state index in [2.05, 4.69) is 22.4 Å². The van der Waals surface area contributed by atoms with E-state index in [-0.39, 0.29) is 12.5 Å². The van der Waals surface area contributed by atoms with Crippen LogP contribution in [0.5, 0.6) is 0 Å². The third-order valence-corrected chi connectivity index (χ3v) is 8.20. The molecule has 1 aliphatic carbocycles. The van der Waals surface area contributed by atoms with Crippen molar-refractivity contribution in [3.8, 4) is 22.5 Å². The molecule has 3 aromatic heterocycles. The van der Waals surface area contributed by atoms with Crippen molar-refractivity contribution in [1.29, 1.82) is 0 Å². The fourth-order valence-corrected chi connectivity index (χ4v) is 5.48. The van der Waals surface area contributed by atoms with E-state index in [1.807, 2.05) is 68.1 Å². The van der Waals surface area contributed by atoms with Crippen molar-refractivity contribution in [2.75, 3.05) is 25.5 Å². The third kappa shape index (κ3) is 5.51. The van der Waals surface area contributed by atoms with Crippen LogP contribution in [0.15, 0.2) is 60.9 Å². The fourth-order valence-electron chi connectivity index (χ4n) is 5.48. The van der Waals surface area contributed by atoms with E-state index >= 15 is 0 Å². The van der Waals surface area contributed by atoms with Gasteiger partial charge in [-0.15, -0.1) is 0 Å². The van der Waals surface area contributed by atoms with Crippen molar-refractivity contribution < 1.29 is 15.0 Å². The second-order valence-corrected chi connectivity index (χ2v) is 11.5. The van der Waals surface area contributed by atoms with Gasteiger partial charge in [-0.05, 0) is 61.9 Å². The summed E-state index contributed by atoms with van der Waals surface area (Å²) in [5, 5.41) is 28.7. The molecule has 1 aliphatic rings. The molecule has 222 valence electrons. The Morgan fingerprint density at radius 1 is 1.12 bits per heavy atom. The number of carbonyl (C=O) groups is 1. The average molecular weight is 580 g/mol. The van der Waals surface area contributed by atoms with Gasteiger partial charge in [0.1, 0.15) is 17.2 Å². The van der Waals surface area contributed by atoms with Gasteiger partial charge in [0.25, 0.3) is 5.91 Å². The first-order valence-corrected chi connectivity index (χ1v) is 14.6. The zero-order valence-electron chi connectivity index (χ0n) is 25.0. The number of imidazole rings is 1. The Labute approximate surface area is 250 Å². The maximum Gasteiger partial charge on any atom is 0.253 e. The van der Waals surface area contributed by atoms with Crippen molar-refractivity contribution in [3.05, 3.63) is 89.0 Å². The summed E-state index contributed by atoms with van der Waals surface area (Å²) in [6.07, 6.45) is 5.56. The number of carbonyl (C=O) groups excluding carboxylic acids is 1. The van der Waals surface area contributed by atoms with Gasteiger partial charge in [-0.3, -0.25) is 4.79 Å². The van der Waals surface area contributed by atoms with Crippen LogP contribution in [0, 0.1) is 13.8 Å². The van der Waals surface area contributed by atoms with E-state index in [4.69, 9.17) is 10.1 Å². The number of hydrogen-bond donors (Lipinski definition) is 3. The number of aliphatic hydroxyl groups excluding tert-OH is 1. The molecule has 3 N–H and O–H groups in total. The summed E-state index contributed by atoms with van der Waals surface area (Å²) < 4.78 is 3.78. The number of benzene rings is 2. The number of anilines is 1. The highest BCUT2D eigenvalue weighted by Gasteiger charge is 2.44. The van der Waals surface area contributed by atoms with Crippen LogP contribution in [-0.4, -0.2) is 65.4 Å². The Morgan fingerprint density at radius 2 is 1.93 bits per heavy atom. The van der Waals surface area contributed by atoms with Gasteiger partial charge in [-0.25, -0.2) is 9.97 Å². The standard InChI is InChI=1S/C33H37N7O3/c1-21-9-10-24(18-26(21)32(42)39(4)14-6-16-41)29-22(2)37-40-28(19-27(36-31(29)40)33(43)11-12-33)35-20-23-7-5-8-25(17-23)30-34-13-15-38(30)3/h5,7-10,13,15,17-19,35,41,43H,6,11-12,14,16,20H2,1-4H3. The van der Waals surface area contributed by atoms with E-state index in [1.165, 1.54) is 0 Å². The smallest absolute Gasteiger partial charge is 0.253 e. The minimum atomic E-state index is -0.949. The van der Waals surface area contributed by atoms with Crippen molar-refractivity contribution in [3.63, 3.8) is 0 Å². The summed E-state index contributed by atoms with van der Waals surface area (Å²) in [6.45, 7) is 4.89. The van der Waals surface area contributed by atoms with Gasteiger partial charge in [-0.2, -0.15) is 9.61 Å². The molecule has 0 saturated heterocycles. The zero-order valence-corrected chi connectivity index (χ0v) is 25.0. The SMILES string of the molecule is Cc1ccc(-c2c(C)nn3c(NCc4cccc(-c5nccn5C)c4)cc(C4(O)CC4)nc23)cc1C(=O)N(C)CCCO. The van der Waals surface area contributed by atoms with Crippen LogP contribution in [0.3, 0.4) is 0 Å². The summed E-state index contributed by atoms with van der Waals surface area (Å²) >= 11 is 0. The molecular formula is C33H37N7O3. The summed E-state index contributed by atoms with van der Waals surface area (Å²) in [4.78, 5) is 24.3. The van der Waals surface area contributed by atoms with Crippen LogP contribution in [0.1, 0.15) is 52.1 Å². The molecule has 10 heteroatoms. The van der Waals surface area contributed by atoms with Crippen molar-refractivity contribution in [2.45, 2.75) is 45.3 Å². The molecule has 3 heterocycles. The maximum absolute atomic E-state index is 13.3. The highest BCUT2D eigenvalue weighted by Crippen LogP contribution is 2.45. The quantitative estimate of drug-likeness (QED) is 0.223. The van der Waals surface area contributed by atoms with Crippen LogP contribution in [-0.2, 0) is 19.2 Å². The van der Waals surface area contributed by atoms with Crippen molar-refractivity contribution in [1.82, 2.24) is 29.0 Å². The summed E-state index contributed by atoms with van der Waals surface area (Å²) in [5.41, 5.74) is 6.27. The maximum atomic E-state index is 13.3. The van der Waals surface area contributed by atoms with Gasteiger partial charge in [0.05, 0.1) is 11.4 Å². The monoisotopic (exact) mass is 579 g/mol. The number of nitrogens with one attached hydrogen (secondary N) is 1. The minimum absolute atomic E-state index is 0.0322. The highest BCUT2D eigenvalue weighted by molar-refractivity contribution is 5.97. The van der Waals surface area contributed by atoms with E-state index in [0.29, 0.717) is 49.3 Å². The Hall–Kier alpha value is -4.54. The average Bonchev–Trinajstić information content (AvgIpc) is 3.46. The van der Waals surface area contributed by atoms with Gasteiger partial charge >= 0.3 is 0 Å². The van der Waals surface area contributed by atoms with E-state index < -0.39 is 5.60 Å². The number of aryl methyl sites for hydroxylation is 3. The van der Waals surface area contributed by atoms with Gasteiger partial charge in [-0.1, -0.05) is 30.3 Å². The predicted molar refractivity (Wildman–Crippen MR) is 166 cm³/mol. The molecule has 0 bridgehead atoms. The number of fused-ring (bicyclic) bond motifs is 1. The van der Waals surface area contributed by atoms with E-state index in [1.54, 1.807) is 22.7 Å². The molecule has 0 aliphatic heterocycles. The van der Waals surface area contributed by atoms with Crippen LogP contribution in [0.2, 0.25) is 0 Å². The Morgan fingerprint density at radius 3 is 2.65 bits per heavy atom. The van der Waals surface area contributed by atoms with Crippen LogP contribution < -0.4 is 5.32 Å². The normalized spacial score (nSPS) is 13.8. The second-order valence-electron chi connectivity index (χ2n) is 11.5.